The van der Waals surface area contributed by atoms with Gasteiger partial charge in [-0.1, -0.05) is 30.3 Å². The number of para-hydroxylation sites is 1. The van der Waals surface area contributed by atoms with E-state index in [2.05, 4.69) is 5.32 Å². The van der Waals surface area contributed by atoms with Crippen molar-refractivity contribution in [3.8, 4) is 0 Å². The Hall–Kier alpha value is -3.52. The van der Waals surface area contributed by atoms with E-state index in [0.29, 0.717) is 23.1 Å². The summed E-state index contributed by atoms with van der Waals surface area (Å²) in [4.78, 5) is 12.4. The molecule has 4 aromatic rings. The van der Waals surface area contributed by atoms with E-state index in [1.54, 1.807) is 41.0 Å². The molecular weight excluding hydrogens is 422 g/mol. The lowest BCUT2D eigenvalue weighted by Gasteiger charge is -2.06. The molecule has 0 aliphatic carbocycles. The number of nitrogens with zero attached hydrogens (tertiary/aromatic N) is 1. The quantitative estimate of drug-likeness (QED) is 0.484. The van der Waals surface area contributed by atoms with Crippen LogP contribution in [0, 0.1) is 11.6 Å². The number of carbonyl (C=O) groups is 1. The van der Waals surface area contributed by atoms with Crippen molar-refractivity contribution >= 4 is 32.3 Å². The third kappa shape index (κ3) is 4.64. The van der Waals surface area contributed by atoms with Gasteiger partial charge in [0, 0.05) is 29.3 Å². The van der Waals surface area contributed by atoms with Gasteiger partial charge < -0.3 is 9.88 Å². The van der Waals surface area contributed by atoms with Gasteiger partial charge in [0.05, 0.1) is 4.90 Å². The summed E-state index contributed by atoms with van der Waals surface area (Å²) in [6.07, 6.45) is 1.49. The normalized spacial score (nSPS) is 11.5. The molecule has 0 saturated carbocycles. The first-order valence-corrected chi connectivity index (χ1v) is 11.1. The van der Waals surface area contributed by atoms with Gasteiger partial charge in [-0.3, -0.25) is 4.79 Å². The highest BCUT2D eigenvalue weighted by Gasteiger charge is 2.24. The Balaban J connectivity index is 1.62. The van der Waals surface area contributed by atoms with Gasteiger partial charge in [-0.2, -0.15) is 0 Å². The molecule has 158 valence electrons. The minimum atomic E-state index is -3.96. The molecule has 4 rings (SSSR count). The summed E-state index contributed by atoms with van der Waals surface area (Å²) in [5.74, 6) is -2.28. The summed E-state index contributed by atoms with van der Waals surface area (Å²) in [5.41, 5.74) is 1.80. The van der Waals surface area contributed by atoms with Gasteiger partial charge >= 0.3 is 0 Å². The molecule has 8 heteroatoms. The minimum absolute atomic E-state index is 0.0412. The Labute approximate surface area is 177 Å². The number of sulfone groups is 1. The molecule has 1 amide bonds. The van der Waals surface area contributed by atoms with Crippen molar-refractivity contribution in [3.63, 3.8) is 0 Å². The van der Waals surface area contributed by atoms with Gasteiger partial charge in [0.25, 0.3) is 0 Å². The van der Waals surface area contributed by atoms with Crippen LogP contribution in [0.4, 0.5) is 14.5 Å². The molecule has 3 aromatic carbocycles. The molecule has 0 fully saturated rings. The smallest absolute Gasteiger partial charge is 0.239 e. The molecule has 0 spiro atoms. The van der Waals surface area contributed by atoms with Gasteiger partial charge in [-0.05, 0) is 48.0 Å². The SMILES string of the molecule is O=C(CS(=O)(=O)c1cn(Cc2ccc(F)cc2)c2ccccc12)Nc1ccc(F)cc1. The van der Waals surface area contributed by atoms with Crippen LogP contribution >= 0.6 is 0 Å². The van der Waals surface area contributed by atoms with Crippen molar-refractivity contribution in [3.05, 3.63) is 96.2 Å². The number of fused-ring (bicyclic) bond motifs is 1. The standard InChI is InChI=1S/C23H18F2N2O3S/c24-17-7-5-16(6-8-17)13-27-14-22(20-3-1-2-4-21(20)27)31(29,30)15-23(28)26-19-11-9-18(25)10-12-19/h1-12,14H,13,15H2,(H,26,28). The van der Waals surface area contributed by atoms with Crippen LogP contribution < -0.4 is 5.32 Å². The number of hydrogen-bond donors (Lipinski definition) is 1. The molecule has 5 nitrogen and oxygen atoms in total. The van der Waals surface area contributed by atoms with E-state index in [1.807, 2.05) is 0 Å². The fourth-order valence-corrected chi connectivity index (χ4v) is 4.73. The number of halogens is 2. The van der Waals surface area contributed by atoms with Crippen molar-refractivity contribution in [2.75, 3.05) is 11.1 Å². The first kappa shape index (κ1) is 20.7. The van der Waals surface area contributed by atoms with Crippen LogP contribution in [0.1, 0.15) is 5.56 Å². The molecule has 0 aliphatic rings. The van der Waals surface area contributed by atoms with Crippen LogP contribution in [0.5, 0.6) is 0 Å². The Morgan fingerprint density at radius 3 is 2.16 bits per heavy atom. The monoisotopic (exact) mass is 440 g/mol. The Morgan fingerprint density at radius 1 is 0.871 bits per heavy atom. The third-order valence-electron chi connectivity index (χ3n) is 4.80. The molecule has 1 heterocycles. The van der Waals surface area contributed by atoms with Gasteiger partial charge in [-0.15, -0.1) is 0 Å². The predicted octanol–water partition coefficient (Wildman–Crippen LogP) is 4.38. The number of carbonyl (C=O) groups excluding carboxylic acids is 1. The second-order valence-electron chi connectivity index (χ2n) is 7.08. The van der Waals surface area contributed by atoms with Gasteiger partial charge in [0.2, 0.25) is 5.91 Å². The number of hydrogen-bond acceptors (Lipinski definition) is 3. The van der Waals surface area contributed by atoms with Gasteiger partial charge in [0.1, 0.15) is 17.4 Å². The lowest BCUT2D eigenvalue weighted by atomic mass is 10.2. The average Bonchev–Trinajstić information content (AvgIpc) is 3.11. The summed E-state index contributed by atoms with van der Waals surface area (Å²) < 4.78 is 54.0. The lowest BCUT2D eigenvalue weighted by Crippen LogP contribution is -2.23. The third-order valence-corrected chi connectivity index (χ3v) is 6.44. The molecule has 31 heavy (non-hydrogen) atoms. The van der Waals surface area contributed by atoms with Gasteiger partial charge in [-0.25, -0.2) is 17.2 Å². The number of aromatic nitrogens is 1. The Morgan fingerprint density at radius 2 is 1.48 bits per heavy atom. The van der Waals surface area contributed by atoms with Crippen LogP contribution in [-0.2, 0) is 21.2 Å². The highest BCUT2D eigenvalue weighted by Crippen LogP contribution is 2.27. The number of rotatable bonds is 6. The Kier molecular flexibility index (Phi) is 5.56. The molecule has 0 atom stereocenters. The second-order valence-corrected chi connectivity index (χ2v) is 9.04. The zero-order valence-corrected chi connectivity index (χ0v) is 17.1. The fraction of sp³-hybridized carbons (Fsp3) is 0.0870. The number of benzene rings is 3. The fourth-order valence-electron chi connectivity index (χ4n) is 3.36. The minimum Gasteiger partial charge on any atom is -0.342 e. The average molecular weight is 440 g/mol. The summed E-state index contributed by atoms with van der Waals surface area (Å²) in [5, 5.41) is 2.97. The van der Waals surface area contributed by atoms with Crippen LogP contribution in [0.3, 0.4) is 0 Å². The number of anilines is 1. The van der Waals surface area contributed by atoms with Crippen LogP contribution in [0.25, 0.3) is 10.9 Å². The van der Waals surface area contributed by atoms with E-state index in [4.69, 9.17) is 0 Å². The Bertz CT molecular complexity index is 1350. The van der Waals surface area contributed by atoms with Crippen molar-refractivity contribution in [1.29, 1.82) is 0 Å². The summed E-state index contributed by atoms with van der Waals surface area (Å²) in [6.45, 7) is 0.345. The van der Waals surface area contributed by atoms with E-state index in [9.17, 15) is 22.0 Å². The molecule has 0 aliphatic heterocycles. The van der Waals surface area contributed by atoms with Crippen molar-refractivity contribution in [2.24, 2.45) is 0 Å². The summed E-state index contributed by atoms with van der Waals surface area (Å²) in [6, 6.07) is 18.0. The summed E-state index contributed by atoms with van der Waals surface area (Å²) in [7, 11) is -3.96. The largest absolute Gasteiger partial charge is 0.342 e. The molecule has 1 N–H and O–H groups in total. The van der Waals surface area contributed by atoms with Crippen LogP contribution in [-0.4, -0.2) is 24.6 Å². The van der Waals surface area contributed by atoms with E-state index < -0.39 is 27.3 Å². The maximum Gasteiger partial charge on any atom is 0.239 e. The van der Waals surface area contributed by atoms with Crippen molar-refractivity contribution < 1.29 is 22.0 Å². The zero-order valence-electron chi connectivity index (χ0n) is 16.3. The molecule has 0 saturated heterocycles. The lowest BCUT2D eigenvalue weighted by molar-refractivity contribution is -0.113. The second kappa shape index (κ2) is 8.31. The molecule has 1 aromatic heterocycles. The molecule has 0 unspecified atom stereocenters. The predicted molar refractivity (Wildman–Crippen MR) is 115 cm³/mol. The van der Waals surface area contributed by atoms with Crippen LogP contribution in [0.2, 0.25) is 0 Å². The highest BCUT2D eigenvalue weighted by atomic mass is 32.2. The summed E-state index contributed by atoms with van der Waals surface area (Å²) >= 11 is 0. The molecule has 0 radical (unpaired) electrons. The topological polar surface area (TPSA) is 68.2 Å². The zero-order chi connectivity index (χ0) is 22.0. The van der Waals surface area contributed by atoms with Crippen LogP contribution in [0.15, 0.2) is 83.9 Å². The molecular formula is C23H18F2N2O3S. The number of amides is 1. The van der Waals surface area contributed by atoms with E-state index in [0.717, 1.165) is 5.56 Å². The van der Waals surface area contributed by atoms with E-state index in [-0.39, 0.29) is 10.7 Å². The van der Waals surface area contributed by atoms with E-state index >= 15 is 0 Å². The van der Waals surface area contributed by atoms with E-state index in [1.165, 1.54) is 42.6 Å². The maximum absolute atomic E-state index is 13.2. The first-order chi connectivity index (χ1) is 14.8. The maximum atomic E-state index is 13.2. The van der Waals surface area contributed by atoms with Gasteiger partial charge in [0.15, 0.2) is 9.84 Å². The van der Waals surface area contributed by atoms with Crippen molar-refractivity contribution in [2.45, 2.75) is 11.4 Å². The number of nitrogens with one attached hydrogen (secondary N) is 1. The van der Waals surface area contributed by atoms with Crippen molar-refractivity contribution in [1.82, 2.24) is 4.57 Å². The first-order valence-electron chi connectivity index (χ1n) is 9.42. The molecule has 0 bridgehead atoms. The highest BCUT2D eigenvalue weighted by molar-refractivity contribution is 7.92.